The van der Waals surface area contributed by atoms with Gasteiger partial charge in [0.25, 0.3) is 0 Å². The maximum atomic E-state index is 12.8. The minimum atomic E-state index is -1.21. The zero-order valence-electron chi connectivity index (χ0n) is 15.7. The highest BCUT2D eigenvalue weighted by atomic mass is 35.5. The average molecular weight is 400 g/mol. The molecular formula is C21H22ClN3O3. The molecule has 1 aromatic heterocycles. The van der Waals surface area contributed by atoms with Crippen molar-refractivity contribution in [2.75, 3.05) is 37.6 Å². The summed E-state index contributed by atoms with van der Waals surface area (Å²) in [4.78, 5) is 28.8. The minimum Gasteiger partial charge on any atom is -0.477 e. The molecule has 4 rings (SSSR count). The second-order valence-corrected chi connectivity index (χ2v) is 7.93. The Hall–Kier alpha value is -2.49. The highest BCUT2D eigenvalue weighted by molar-refractivity contribution is 6.34. The molecule has 1 saturated heterocycles. The summed E-state index contributed by atoms with van der Waals surface area (Å²) < 4.78 is 1.94. The number of piperazine rings is 1. The Balaban J connectivity index is 1.88. The first-order valence-electron chi connectivity index (χ1n) is 9.46. The highest BCUT2D eigenvalue weighted by Gasteiger charge is 2.29. The number of anilines is 1. The van der Waals surface area contributed by atoms with E-state index in [2.05, 4.69) is 15.7 Å². The SMILES string of the molecule is C#CCN1CCN(c2c(Cl)cc3c(=O)c(C(=O)O)cn4c3c2CCC4C)CC1. The van der Waals surface area contributed by atoms with E-state index in [-0.39, 0.29) is 11.6 Å². The monoisotopic (exact) mass is 399 g/mol. The Morgan fingerprint density at radius 2 is 2.07 bits per heavy atom. The fraction of sp³-hybridized carbons (Fsp3) is 0.429. The summed E-state index contributed by atoms with van der Waals surface area (Å²) in [6.45, 7) is 6.03. The lowest BCUT2D eigenvalue weighted by Gasteiger charge is -2.38. The van der Waals surface area contributed by atoms with Gasteiger partial charge in [-0.1, -0.05) is 17.5 Å². The summed E-state index contributed by atoms with van der Waals surface area (Å²) in [6.07, 6.45) is 8.59. The number of nitrogens with zero attached hydrogens (tertiary/aromatic N) is 3. The van der Waals surface area contributed by atoms with E-state index in [1.54, 1.807) is 6.07 Å². The van der Waals surface area contributed by atoms with E-state index in [9.17, 15) is 14.7 Å². The Kier molecular flexibility index (Phi) is 4.82. The molecule has 1 unspecified atom stereocenters. The van der Waals surface area contributed by atoms with Crippen molar-refractivity contribution >= 4 is 34.2 Å². The number of terminal acetylenes is 1. The topological polar surface area (TPSA) is 65.8 Å². The Morgan fingerprint density at radius 3 is 2.71 bits per heavy atom. The molecule has 0 radical (unpaired) electrons. The van der Waals surface area contributed by atoms with Crippen LogP contribution in [0, 0.1) is 12.3 Å². The average Bonchev–Trinajstić information content (AvgIpc) is 2.67. The van der Waals surface area contributed by atoms with Crippen molar-refractivity contribution in [1.29, 1.82) is 0 Å². The fourth-order valence-electron chi connectivity index (χ4n) is 4.39. The molecule has 28 heavy (non-hydrogen) atoms. The molecule has 7 heteroatoms. The first-order chi connectivity index (χ1) is 13.4. The van der Waals surface area contributed by atoms with Crippen LogP contribution >= 0.6 is 11.6 Å². The van der Waals surface area contributed by atoms with Crippen LogP contribution in [-0.2, 0) is 6.42 Å². The highest BCUT2D eigenvalue weighted by Crippen LogP contribution is 2.41. The minimum absolute atomic E-state index is 0.121. The standard InChI is InChI=1S/C21H22ClN3O3/c1-3-6-23-7-9-24(10-8-23)19-14-5-4-13(2)25-12-16(21(27)28)20(26)15(18(14)25)11-17(19)22/h1,11-13H,4-10H2,2H3,(H,27,28). The van der Waals surface area contributed by atoms with Crippen LogP contribution in [-0.4, -0.2) is 53.3 Å². The zero-order valence-corrected chi connectivity index (χ0v) is 16.5. The number of hydrogen-bond donors (Lipinski definition) is 1. The molecule has 0 amide bonds. The summed E-state index contributed by atoms with van der Waals surface area (Å²) in [7, 11) is 0. The molecule has 6 nitrogen and oxygen atoms in total. The number of aromatic carboxylic acids is 1. The van der Waals surface area contributed by atoms with Crippen molar-refractivity contribution in [3.63, 3.8) is 0 Å². The Bertz CT molecular complexity index is 1060. The first kappa shape index (κ1) is 18.9. The molecule has 0 aliphatic carbocycles. The fourth-order valence-corrected chi connectivity index (χ4v) is 4.73. The van der Waals surface area contributed by atoms with E-state index >= 15 is 0 Å². The third-order valence-electron chi connectivity index (χ3n) is 5.86. The van der Waals surface area contributed by atoms with Gasteiger partial charge in [-0.3, -0.25) is 9.69 Å². The second kappa shape index (κ2) is 7.16. The lowest BCUT2D eigenvalue weighted by molar-refractivity contribution is 0.0694. The molecule has 1 aromatic carbocycles. The normalized spacial score (nSPS) is 19.6. The molecule has 1 fully saturated rings. The molecule has 1 N–H and O–H groups in total. The third-order valence-corrected chi connectivity index (χ3v) is 6.15. The van der Waals surface area contributed by atoms with Gasteiger partial charge in [-0.05, 0) is 25.8 Å². The van der Waals surface area contributed by atoms with Gasteiger partial charge in [0.1, 0.15) is 5.56 Å². The van der Waals surface area contributed by atoms with Crippen LogP contribution in [0.1, 0.15) is 35.3 Å². The largest absolute Gasteiger partial charge is 0.477 e. The van der Waals surface area contributed by atoms with Crippen LogP contribution in [0.5, 0.6) is 0 Å². The van der Waals surface area contributed by atoms with Gasteiger partial charge in [-0.15, -0.1) is 6.42 Å². The van der Waals surface area contributed by atoms with Crippen molar-refractivity contribution in [2.24, 2.45) is 0 Å². The van der Waals surface area contributed by atoms with Gasteiger partial charge in [0, 0.05) is 49.4 Å². The number of aryl methyl sites for hydroxylation is 1. The number of pyridine rings is 1. The lowest BCUT2D eigenvalue weighted by atomic mass is 9.93. The van der Waals surface area contributed by atoms with Gasteiger partial charge in [0.05, 0.1) is 22.8 Å². The summed E-state index contributed by atoms with van der Waals surface area (Å²) in [5, 5.41) is 10.3. The number of aromatic nitrogens is 1. The molecule has 0 bridgehead atoms. The molecule has 0 spiro atoms. The number of carboxylic acid groups (broad SMARTS) is 1. The zero-order chi connectivity index (χ0) is 20.0. The molecule has 3 heterocycles. The summed E-state index contributed by atoms with van der Waals surface area (Å²) >= 11 is 6.65. The quantitative estimate of drug-likeness (QED) is 0.804. The van der Waals surface area contributed by atoms with Crippen LogP contribution in [0.15, 0.2) is 17.1 Å². The van der Waals surface area contributed by atoms with E-state index in [0.717, 1.165) is 55.8 Å². The third kappa shape index (κ3) is 2.95. The van der Waals surface area contributed by atoms with Gasteiger partial charge in [0.15, 0.2) is 0 Å². The van der Waals surface area contributed by atoms with Gasteiger partial charge in [-0.2, -0.15) is 0 Å². The van der Waals surface area contributed by atoms with Crippen LogP contribution in [0.2, 0.25) is 5.02 Å². The first-order valence-corrected chi connectivity index (χ1v) is 9.84. The second-order valence-electron chi connectivity index (χ2n) is 7.52. The van der Waals surface area contributed by atoms with Gasteiger partial charge < -0.3 is 14.6 Å². The van der Waals surface area contributed by atoms with Crippen molar-refractivity contribution in [2.45, 2.75) is 25.8 Å². The van der Waals surface area contributed by atoms with Crippen LogP contribution in [0.25, 0.3) is 10.9 Å². The summed E-state index contributed by atoms with van der Waals surface area (Å²) in [5.41, 5.74) is 2.15. The van der Waals surface area contributed by atoms with Crippen LogP contribution in [0.3, 0.4) is 0 Å². The molecule has 146 valence electrons. The number of rotatable bonds is 3. The van der Waals surface area contributed by atoms with E-state index in [1.807, 2.05) is 11.5 Å². The van der Waals surface area contributed by atoms with Crippen LogP contribution in [0.4, 0.5) is 5.69 Å². The van der Waals surface area contributed by atoms with Crippen LogP contribution < -0.4 is 10.3 Å². The smallest absolute Gasteiger partial charge is 0.341 e. The number of benzene rings is 1. The number of halogens is 1. The maximum absolute atomic E-state index is 12.8. The molecule has 0 saturated carbocycles. The predicted molar refractivity (Wildman–Crippen MR) is 111 cm³/mol. The molecule has 2 aromatic rings. The lowest BCUT2D eigenvalue weighted by Crippen LogP contribution is -2.47. The van der Waals surface area contributed by atoms with Gasteiger partial charge >= 0.3 is 5.97 Å². The van der Waals surface area contributed by atoms with Crippen molar-refractivity contribution < 1.29 is 9.90 Å². The summed E-state index contributed by atoms with van der Waals surface area (Å²) in [5.74, 6) is 1.48. The van der Waals surface area contributed by atoms with Gasteiger partial charge in [0.2, 0.25) is 5.43 Å². The van der Waals surface area contributed by atoms with Gasteiger partial charge in [-0.25, -0.2) is 4.79 Å². The van der Waals surface area contributed by atoms with Crippen molar-refractivity contribution in [3.05, 3.63) is 38.6 Å². The number of carboxylic acids is 1. The maximum Gasteiger partial charge on any atom is 0.341 e. The molecule has 2 aliphatic rings. The van der Waals surface area contributed by atoms with E-state index in [0.29, 0.717) is 17.0 Å². The Morgan fingerprint density at radius 1 is 1.36 bits per heavy atom. The van der Waals surface area contributed by atoms with E-state index < -0.39 is 11.4 Å². The summed E-state index contributed by atoms with van der Waals surface area (Å²) in [6, 6.07) is 1.77. The van der Waals surface area contributed by atoms with Crippen molar-refractivity contribution in [3.8, 4) is 12.3 Å². The van der Waals surface area contributed by atoms with Crippen molar-refractivity contribution in [1.82, 2.24) is 9.47 Å². The number of hydrogen-bond acceptors (Lipinski definition) is 4. The Labute approximate surface area is 168 Å². The van der Waals surface area contributed by atoms with E-state index in [1.165, 1.54) is 6.20 Å². The van der Waals surface area contributed by atoms with E-state index in [4.69, 9.17) is 18.0 Å². The molecular weight excluding hydrogens is 378 g/mol. The molecule has 2 aliphatic heterocycles. The predicted octanol–water partition coefficient (Wildman–Crippen LogP) is 2.62. The number of carbonyl (C=O) groups is 1. The molecule has 1 atom stereocenters.